The summed E-state index contributed by atoms with van der Waals surface area (Å²) < 4.78 is 5.32. The molecule has 0 radical (unpaired) electrons. The third-order valence-corrected chi connectivity index (χ3v) is 3.47. The maximum absolute atomic E-state index is 5.32. The summed E-state index contributed by atoms with van der Waals surface area (Å²) in [6.45, 7) is 6.02. The van der Waals surface area contributed by atoms with Gasteiger partial charge in [0.2, 0.25) is 0 Å². The third kappa shape index (κ3) is 2.83. The molecule has 1 N–H and O–H groups in total. The van der Waals surface area contributed by atoms with E-state index in [4.69, 9.17) is 4.52 Å². The summed E-state index contributed by atoms with van der Waals surface area (Å²) in [4.78, 5) is 6.84. The van der Waals surface area contributed by atoms with E-state index >= 15 is 0 Å². The molecule has 0 bridgehead atoms. The lowest BCUT2D eigenvalue weighted by Crippen LogP contribution is -2.49. The molecule has 19 heavy (non-hydrogen) atoms. The molecule has 1 atom stereocenters. The molecule has 0 spiro atoms. The predicted octanol–water partition coefficient (Wildman–Crippen LogP) is 1.53. The zero-order valence-electron chi connectivity index (χ0n) is 11.0. The van der Waals surface area contributed by atoms with Crippen molar-refractivity contribution in [3.8, 4) is 11.5 Å². The second-order valence-electron chi connectivity index (χ2n) is 4.91. The number of piperazine rings is 1. The maximum atomic E-state index is 5.32. The average molecular weight is 258 g/mol. The topological polar surface area (TPSA) is 54.2 Å². The minimum absolute atomic E-state index is 0.507. The van der Waals surface area contributed by atoms with Gasteiger partial charge in [-0.1, -0.05) is 23.4 Å². The van der Waals surface area contributed by atoms with Crippen LogP contribution in [-0.4, -0.2) is 40.7 Å². The van der Waals surface area contributed by atoms with Crippen LogP contribution in [0.25, 0.3) is 11.5 Å². The SMILES string of the molecule is CC1CNCCN1Cc1noc(-c2ccccc2)n1. The summed E-state index contributed by atoms with van der Waals surface area (Å²) in [7, 11) is 0. The molecule has 1 fully saturated rings. The summed E-state index contributed by atoms with van der Waals surface area (Å²) in [6, 6.07) is 10.4. The molecule has 5 heteroatoms. The third-order valence-electron chi connectivity index (χ3n) is 3.47. The predicted molar refractivity (Wildman–Crippen MR) is 72.5 cm³/mol. The number of hydrogen-bond donors (Lipinski definition) is 1. The van der Waals surface area contributed by atoms with Gasteiger partial charge in [0.1, 0.15) is 0 Å². The van der Waals surface area contributed by atoms with Gasteiger partial charge in [0.15, 0.2) is 5.82 Å². The summed E-state index contributed by atoms with van der Waals surface area (Å²) in [6.07, 6.45) is 0. The number of benzene rings is 1. The van der Waals surface area contributed by atoms with Crippen LogP contribution in [0.5, 0.6) is 0 Å². The van der Waals surface area contributed by atoms with E-state index in [0.717, 1.165) is 37.6 Å². The summed E-state index contributed by atoms with van der Waals surface area (Å²) in [5.74, 6) is 1.35. The number of nitrogens with one attached hydrogen (secondary N) is 1. The molecule has 1 aromatic heterocycles. The van der Waals surface area contributed by atoms with Gasteiger partial charge in [-0.2, -0.15) is 4.98 Å². The van der Waals surface area contributed by atoms with Crippen molar-refractivity contribution in [3.63, 3.8) is 0 Å². The Balaban J connectivity index is 1.71. The van der Waals surface area contributed by atoms with Crippen LogP contribution < -0.4 is 5.32 Å². The normalized spacial score (nSPS) is 20.6. The van der Waals surface area contributed by atoms with E-state index in [2.05, 4.69) is 27.3 Å². The van der Waals surface area contributed by atoms with Gasteiger partial charge in [0.25, 0.3) is 5.89 Å². The van der Waals surface area contributed by atoms with Crippen molar-refractivity contribution in [1.82, 2.24) is 20.4 Å². The van der Waals surface area contributed by atoms with Crippen LogP contribution in [0.1, 0.15) is 12.7 Å². The molecule has 1 aromatic carbocycles. The number of nitrogens with zero attached hydrogens (tertiary/aromatic N) is 3. The van der Waals surface area contributed by atoms with Crippen molar-refractivity contribution in [1.29, 1.82) is 0 Å². The number of hydrogen-bond acceptors (Lipinski definition) is 5. The van der Waals surface area contributed by atoms with Crippen LogP contribution >= 0.6 is 0 Å². The van der Waals surface area contributed by atoms with Crippen molar-refractivity contribution in [3.05, 3.63) is 36.2 Å². The average Bonchev–Trinajstić information content (AvgIpc) is 2.91. The molecular formula is C14H18N4O. The molecule has 1 unspecified atom stereocenters. The first-order valence-corrected chi connectivity index (χ1v) is 6.66. The highest BCUT2D eigenvalue weighted by atomic mass is 16.5. The molecule has 1 aliphatic heterocycles. The Hall–Kier alpha value is -1.72. The van der Waals surface area contributed by atoms with E-state index in [0.29, 0.717) is 11.9 Å². The van der Waals surface area contributed by atoms with E-state index in [9.17, 15) is 0 Å². The van der Waals surface area contributed by atoms with Gasteiger partial charge in [-0.3, -0.25) is 4.90 Å². The lowest BCUT2D eigenvalue weighted by atomic mass is 10.2. The van der Waals surface area contributed by atoms with Gasteiger partial charge in [-0.25, -0.2) is 0 Å². The van der Waals surface area contributed by atoms with E-state index in [1.165, 1.54) is 0 Å². The zero-order chi connectivity index (χ0) is 13.1. The molecule has 0 aliphatic carbocycles. The minimum Gasteiger partial charge on any atom is -0.334 e. The van der Waals surface area contributed by atoms with Crippen molar-refractivity contribution in [2.24, 2.45) is 0 Å². The molecule has 1 saturated heterocycles. The van der Waals surface area contributed by atoms with Crippen LogP contribution in [0.2, 0.25) is 0 Å². The molecule has 0 saturated carbocycles. The van der Waals surface area contributed by atoms with Gasteiger partial charge in [-0.15, -0.1) is 0 Å². The highest BCUT2D eigenvalue weighted by molar-refractivity contribution is 5.51. The fraction of sp³-hybridized carbons (Fsp3) is 0.429. The lowest BCUT2D eigenvalue weighted by Gasteiger charge is -2.32. The van der Waals surface area contributed by atoms with Crippen LogP contribution in [0.4, 0.5) is 0 Å². The molecule has 3 rings (SSSR count). The van der Waals surface area contributed by atoms with E-state index in [-0.39, 0.29) is 0 Å². The maximum Gasteiger partial charge on any atom is 0.257 e. The van der Waals surface area contributed by atoms with E-state index < -0.39 is 0 Å². The van der Waals surface area contributed by atoms with Crippen LogP contribution in [0, 0.1) is 0 Å². The van der Waals surface area contributed by atoms with Gasteiger partial charge < -0.3 is 9.84 Å². The van der Waals surface area contributed by atoms with Crippen molar-refractivity contribution in [2.45, 2.75) is 19.5 Å². The Labute approximate surface area is 112 Å². The highest BCUT2D eigenvalue weighted by Gasteiger charge is 2.20. The van der Waals surface area contributed by atoms with Crippen LogP contribution in [0.3, 0.4) is 0 Å². The summed E-state index contributed by atoms with van der Waals surface area (Å²) in [5, 5.41) is 7.45. The molecule has 1 aliphatic rings. The number of rotatable bonds is 3. The van der Waals surface area contributed by atoms with Gasteiger partial charge in [0.05, 0.1) is 6.54 Å². The Morgan fingerprint density at radius 2 is 2.21 bits per heavy atom. The monoisotopic (exact) mass is 258 g/mol. The molecule has 100 valence electrons. The smallest absolute Gasteiger partial charge is 0.257 e. The van der Waals surface area contributed by atoms with Gasteiger partial charge >= 0.3 is 0 Å². The lowest BCUT2D eigenvalue weighted by molar-refractivity contribution is 0.160. The van der Waals surface area contributed by atoms with Crippen LogP contribution in [-0.2, 0) is 6.54 Å². The molecule has 2 aromatic rings. The first-order chi connectivity index (χ1) is 9.33. The first kappa shape index (κ1) is 12.3. The standard InChI is InChI=1S/C14H18N4O/c1-11-9-15-7-8-18(11)10-13-16-14(19-17-13)12-5-3-2-4-6-12/h2-6,11,15H,7-10H2,1H3. The molecule has 5 nitrogen and oxygen atoms in total. The fourth-order valence-corrected chi connectivity index (χ4v) is 2.32. The largest absolute Gasteiger partial charge is 0.334 e. The Morgan fingerprint density at radius 1 is 1.37 bits per heavy atom. The van der Waals surface area contributed by atoms with Crippen molar-refractivity contribution < 1.29 is 4.52 Å². The Bertz CT molecular complexity index is 525. The van der Waals surface area contributed by atoms with Crippen molar-refractivity contribution >= 4 is 0 Å². The van der Waals surface area contributed by atoms with E-state index in [1.807, 2.05) is 30.3 Å². The minimum atomic E-state index is 0.507. The van der Waals surface area contributed by atoms with E-state index in [1.54, 1.807) is 0 Å². The Morgan fingerprint density at radius 3 is 3.00 bits per heavy atom. The van der Waals surface area contributed by atoms with Crippen molar-refractivity contribution in [2.75, 3.05) is 19.6 Å². The van der Waals surface area contributed by atoms with Crippen LogP contribution in [0.15, 0.2) is 34.9 Å². The quantitative estimate of drug-likeness (QED) is 0.905. The second-order valence-corrected chi connectivity index (χ2v) is 4.91. The summed E-state index contributed by atoms with van der Waals surface area (Å²) >= 11 is 0. The molecule has 0 amide bonds. The molecular weight excluding hydrogens is 240 g/mol. The first-order valence-electron chi connectivity index (χ1n) is 6.66. The number of aromatic nitrogens is 2. The second kappa shape index (κ2) is 5.50. The summed E-state index contributed by atoms with van der Waals surface area (Å²) in [5.41, 5.74) is 0.967. The fourth-order valence-electron chi connectivity index (χ4n) is 2.32. The zero-order valence-corrected chi connectivity index (χ0v) is 11.0. The van der Waals surface area contributed by atoms with Gasteiger partial charge in [-0.05, 0) is 19.1 Å². The molecule has 2 heterocycles. The Kier molecular flexibility index (Phi) is 3.57. The van der Waals surface area contributed by atoms with Gasteiger partial charge in [0, 0.05) is 31.2 Å². The highest BCUT2D eigenvalue weighted by Crippen LogP contribution is 2.17.